The molecule has 0 N–H and O–H groups in total. The number of hydrogen-bond acceptors (Lipinski definition) is 5. The van der Waals surface area contributed by atoms with Crippen LogP contribution in [0.1, 0.15) is 12.5 Å². The van der Waals surface area contributed by atoms with Crippen molar-refractivity contribution in [2.45, 2.75) is 6.92 Å². The Morgan fingerprint density at radius 3 is 1.42 bits per heavy atom. The highest BCUT2D eigenvalue weighted by atomic mass is 15.0. The van der Waals surface area contributed by atoms with Crippen LogP contribution in [0.3, 0.4) is 0 Å². The van der Waals surface area contributed by atoms with Gasteiger partial charge in [-0.15, -0.1) is 0 Å². The van der Waals surface area contributed by atoms with E-state index in [1.807, 2.05) is 49.4 Å². The van der Waals surface area contributed by atoms with E-state index in [9.17, 15) is 0 Å². The van der Waals surface area contributed by atoms with Crippen LogP contribution in [-0.2, 0) is 0 Å². The maximum absolute atomic E-state index is 5.24. The fraction of sp³-hybridized carbons (Fsp3) is 0.0167. The highest BCUT2D eigenvalue weighted by molar-refractivity contribution is 6.05. The van der Waals surface area contributed by atoms with E-state index in [-0.39, 0.29) is 0 Å². The molecule has 306 valence electrons. The van der Waals surface area contributed by atoms with Crippen LogP contribution in [0.15, 0.2) is 224 Å². The zero-order chi connectivity index (χ0) is 43.5. The summed E-state index contributed by atoms with van der Waals surface area (Å²) in [5, 5.41) is 6.74. The fourth-order valence-corrected chi connectivity index (χ4v) is 8.58. The van der Waals surface area contributed by atoms with Crippen molar-refractivity contribution in [1.82, 2.24) is 24.9 Å². The lowest BCUT2D eigenvalue weighted by Gasteiger charge is -2.16. The van der Waals surface area contributed by atoms with Crippen LogP contribution in [0.2, 0.25) is 0 Å². The van der Waals surface area contributed by atoms with Gasteiger partial charge in [-0.25, -0.2) is 24.9 Å². The van der Waals surface area contributed by atoms with Crippen molar-refractivity contribution in [3.05, 3.63) is 230 Å². The van der Waals surface area contributed by atoms with Crippen molar-refractivity contribution in [3.63, 3.8) is 0 Å². The van der Waals surface area contributed by atoms with Crippen molar-refractivity contribution < 1.29 is 0 Å². The normalized spacial score (nSPS) is 11.6. The summed E-state index contributed by atoms with van der Waals surface area (Å²) in [6.45, 7) is 2.03. The predicted octanol–water partition coefficient (Wildman–Crippen LogP) is 15.4. The number of aromatic nitrogens is 5. The number of hydrogen-bond donors (Lipinski definition) is 0. The first-order valence-corrected chi connectivity index (χ1v) is 21.9. The Kier molecular flexibility index (Phi) is 10.4. The summed E-state index contributed by atoms with van der Waals surface area (Å²) in [6, 6.07) is 71.7. The zero-order valence-electron chi connectivity index (χ0n) is 35.7. The lowest BCUT2D eigenvalue weighted by molar-refractivity contribution is 1.08. The van der Waals surface area contributed by atoms with E-state index in [1.54, 1.807) is 0 Å². The molecule has 11 rings (SSSR count). The van der Waals surface area contributed by atoms with Crippen LogP contribution in [0.25, 0.3) is 118 Å². The molecule has 65 heavy (non-hydrogen) atoms. The molecule has 0 aliphatic rings. The van der Waals surface area contributed by atoms with Crippen molar-refractivity contribution in [3.8, 4) is 79.2 Å². The molecule has 0 radical (unpaired) electrons. The van der Waals surface area contributed by atoms with E-state index < -0.39 is 0 Å². The Bertz CT molecular complexity index is 3460. The van der Waals surface area contributed by atoms with Gasteiger partial charge in [0, 0.05) is 33.4 Å². The first-order chi connectivity index (χ1) is 32.1. The number of fused-ring (bicyclic) bond motifs is 3. The first-order valence-electron chi connectivity index (χ1n) is 21.9. The molecular formula is C60H41N5. The molecule has 5 nitrogen and oxygen atoms in total. The van der Waals surface area contributed by atoms with Crippen LogP contribution in [0, 0.1) is 0 Å². The van der Waals surface area contributed by atoms with Gasteiger partial charge in [0.05, 0.1) is 11.4 Å². The largest absolute Gasteiger partial charge is 0.228 e. The minimum atomic E-state index is 0.616. The molecule has 2 aromatic heterocycles. The summed E-state index contributed by atoms with van der Waals surface area (Å²) in [4.78, 5) is 25.8. The Morgan fingerprint density at radius 2 is 0.785 bits per heavy atom. The molecule has 0 fully saturated rings. The Morgan fingerprint density at radius 1 is 0.308 bits per heavy atom. The third-order valence-electron chi connectivity index (χ3n) is 11.9. The minimum absolute atomic E-state index is 0.616. The molecular weight excluding hydrogens is 791 g/mol. The topological polar surface area (TPSA) is 64.5 Å². The van der Waals surface area contributed by atoms with Crippen LogP contribution < -0.4 is 0 Å². The van der Waals surface area contributed by atoms with Gasteiger partial charge >= 0.3 is 0 Å². The maximum Gasteiger partial charge on any atom is 0.164 e. The van der Waals surface area contributed by atoms with Gasteiger partial charge in [0.25, 0.3) is 0 Å². The van der Waals surface area contributed by atoms with E-state index in [2.05, 4.69) is 188 Å². The summed E-state index contributed by atoms with van der Waals surface area (Å²) in [5.74, 6) is 2.55. The quantitative estimate of drug-likeness (QED) is 0.136. The molecule has 0 saturated carbocycles. The molecule has 0 aliphatic carbocycles. The van der Waals surface area contributed by atoms with Crippen molar-refractivity contribution in [1.29, 1.82) is 0 Å². The Hall–Kier alpha value is -8.67. The standard InChI is InChI=1S/C60H41N5/c1-2-3-6-25-46-38-47(56-39-55(42-19-7-4-8-20-42)61-57(62-56)43-21-9-5-10-22-43)32-33-50(46)53-34-35-54(52-27-16-15-26-51(52)53)60-64-58(48-30-28-40-17-11-13-23-44(40)36-48)63-59(65-60)49-31-29-41-18-12-14-24-45(41)37-49/h2-39H,1H3/b3-2-,25-6-. The molecule has 0 spiro atoms. The minimum Gasteiger partial charge on any atom is -0.228 e. The van der Waals surface area contributed by atoms with Crippen LogP contribution in [0.5, 0.6) is 0 Å². The van der Waals surface area contributed by atoms with Gasteiger partial charge in [0.15, 0.2) is 23.3 Å². The number of benzene rings is 9. The average molecular weight is 832 g/mol. The monoisotopic (exact) mass is 831 g/mol. The van der Waals surface area contributed by atoms with Gasteiger partial charge < -0.3 is 0 Å². The SMILES string of the molecule is C/C=C\C=C/c1cc(-c2cc(-c3ccccc3)nc(-c3ccccc3)n2)ccc1-c1ccc(-c2nc(-c3ccc4ccccc4c3)nc(-c3ccc4ccccc4c3)n2)c2ccccc12. The Labute approximate surface area is 377 Å². The summed E-state index contributed by atoms with van der Waals surface area (Å²) in [5.41, 5.74) is 10.8. The van der Waals surface area contributed by atoms with Crippen molar-refractivity contribution >= 4 is 38.4 Å². The van der Waals surface area contributed by atoms with Gasteiger partial charge in [-0.05, 0) is 86.3 Å². The van der Waals surface area contributed by atoms with Gasteiger partial charge in [-0.3, -0.25) is 0 Å². The zero-order valence-corrected chi connectivity index (χ0v) is 35.7. The first kappa shape index (κ1) is 39.2. The van der Waals surface area contributed by atoms with Gasteiger partial charge in [-0.1, -0.05) is 200 Å². The van der Waals surface area contributed by atoms with Gasteiger partial charge in [0.1, 0.15) is 0 Å². The molecule has 0 atom stereocenters. The van der Waals surface area contributed by atoms with Crippen LogP contribution in [-0.4, -0.2) is 24.9 Å². The lowest BCUT2D eigenvalue weighted by Crippen LogP contribution is -2.01. The second kappa shape index (κ2) is 17.2. The third-order valence-corrected chi connectivity index (χ3v) is 11.9. The highest BCUT2D eigenvalue weighted by Crippen LogP contribution is 2.39. The molecule has 9 aromatic carbocycles. The fourth-order valence-electron chi connectivity index (χ4n) is 8.58. The average Bonchev–Trinajstić information content (AvgIpc) is 3.38. The number of rotatable bonds is 9. The molecule has 11 aromatic rings. The van der Waals surface area contributed by atoms with E-state index in [0.717, 1.165) is 83.0 Å². The van der Waals surface area contributed by atoms with Gasteiger partial charge in [0.2, 0.25) is 0 Å². The van der Waals surface area contributed by atoms with Crippen molar-refractivity contribution in [2.75, 3.05) is 0 Å². The second-order valence-corrected chi connectivity index (χ2v) is 16.0. The van der Waals surface area contributed by atoms with E-state index in [1.165, 1.54) is 10.8 Å². The third kappa shape index (κ3) is 7.88. The summed E-state index contributed by atoms with van der Waals surface area (Å²) in [7, 11) is 0. The number of nitrogens with zero attached hydrogens (tertiary/aromatic N) is 5. The smallest absolute Gasteiger partial charge is 0.164 e. The van der Waals surface area contributed by atoms with Gasteiger partial charge in [-0.2, -0.15) is 0 Å². The van der Waals surface area contributed by atoms with E-state index in [4.69, 9.17) is 24.9 Å². The summed E-state index contributed by atoms with van der Waals surface area (Å²) >= 11 is 0. The summed E-state index contributed by atoms with van der Waals surface area (Å²) < 4.78 is 0. The second-order valence-electron chi connectivity index (χ2n) is 16.0. The predicted molar refractivity (Wildman–Crippen MR) is 270 cm³/mol. The van der Waals surface area contributed by atoms with Crippen LogP contribution in [0.4, 0.5) is 0 Å². The molecule has 5 heteroatoms. The molecule has 0 amide bonds. The van der Waals surface area contributed by atoms with E-state index in [0.29, 0.717) is 23.3 Å². The highest BCUT2D eigenvalue weighted by Gasteiger charge is 2.19. The maximum atomic E-state index is 5.24. The number of allylic oxidation sites excluding steroid dienone is 3. The Balaban J connectivity index is 1.06. The lowest BCUT2D eigenvalue weighted by atomic mass is 9.90. The van der Waals surface area contributed by atoms with E-state index >= 15 is 0 Å². The molecule has 0 bridgehead atoms. The molecule has 0 saturated heterocycles. The van der Waals surface area contributed by atoms with Crippen LogP contribution >= 0.6 is 0 Å². The van der Waals surface area contributed by atoms with Crippen molar-refractivity contribution in [2.24, 2.45) is 0 Å². The molecule has 0 aliphatic heterocycles. The summed E-state index contributed by atoms with van der Waals surface area (Å²) in [6.07, 6.45) is 8.37. The molecule has 0 unspecified atom stereocenters. The molecule has 2 heterocycles.